The lowest BCUT2D eigenvalue weighted by Crippen LogP contribution is -2.35. The molecule has 1 N–H and O–H groups in total. The van der Waals surface area contributed by atoms with Crippen LogP contribution in [0.15, 0.2) is 33.6 Å². The topological polar surface area (TPSA) is 105 Å². The second kappa shape index (κ2) is 8.60. The maximum absolute atomic E-state index is 12.9. The van der Waals surface area contributed by atoms with Crippen molar-refractivity contribution in [3.05, 3.63) is 45.6 Å². The summed E-state index contributed by atoms with van der Waals surface area (Å²) < 4.78 is 34.0. The number of piperidine rings is 1. The molecule has 1 amide bonds. The van der Waals surface area contributed by atoms with E-state index in [-0.39, 0.29) is 22.6 Å². The highest BCUT2D eigenvalue weighted by Crippen LogP contribution is 2.35. The van der Waals surface area contributed by atoms with Gasteiger partial charge in [0.15, 0.2) is 0 Å². The third-order valence-electron chi connectivity index (χ3n) is 4.99. The van der Waals surface area contributed by atoms with Gasteiger partial charge in [-0.05, 0) is 56.9 Å². The Hall–Kier alpha value is -2.43. The number of rotatable bonds is 5. The van der Waals surface area contributed by atoms with Crippen LogP contribution in [0.2, 0.25) is 5.02 Å². The first-order valence-corrected chi connectivity index (χ1v) is 12.4. The number of anilines is 1. The highest BCUT2D eigenvalue weighted by atomic mass is 35.5. The first-order valence-electron chi connectivity index (χ1n) is 9.77. The van der Waals surface area contributed by atoms with Gasteiger partial charge in [0, 0.05) is 18.0 Å². The molecule has 1 aliphatic rings. The Morgan fingerprint density at radius 3 is 2.61 bits per heavy atom. The summed E-state index contributed by atoms with van der Waals surface area (Å²) in [7, 11) is -3.88. The Balaban J connectivity index is 1.57. The molecule has 8 nitrogen and oxygen atoms in total. The number of nitrogens with zero attached hydrogens (tertiary/aromatic N) is 3. The van der Waals surface area contributed by atoms with Crippen molar-refractivity contribution >= 4 is 44.6 Å². The molecule has 3 heterocycles. The number of carbonyl (C=O) groups is 1. The van der Waals surface area contributed by atoms with Crippen LogP contribution in [0, 0.1) is 13.8 Å². The fourth-order valence-corrected chi connectivity index (χ4v) is 6.31. The lowest BCUT2D eigenvalue weighted by molar-refractivity contribution is 0.0684. The van der Waals surface area contributed by atoms with Gasteiger partial charge in [-0.3, -0.25) is 9.52 Å². The molecule has 1 aromatic carbocycles. The second-order valence-electron chi connectivity index (χ2n) is 7.39. The number of carbonyl (C=O) groups excluding carboxylic acids is 1. The number of hydrogen-bond donors (Lipinski definition) is 1. The number of aryl methyl sites for hydroxylation is 2. The maximum atomic E-state index is 12.9. The van der Waals surface area contributed by atoms with E-state index < -0.39 is 10.0 Å². The Morgan fingerprint density at radius 2 is 1.90 bits per heavy atom. The first-order chi connectivity index (χ1) is 14.7. The van der Waals surface area contributed by atoms with Crippen LogP contribution in [-0.4, -0.2) is 42.5 Å². The zero-order chi connectivity index (χ0) is 22.2. The average Bonchev–Trinajstić information content (AvgIpc) is 3.37. The van der Waals surface area contributed by atoms with Crippen LogP contribution < -0.4 is 4.72 Å². The fourth-order valence-electron chi connectivity index (χ4n) is 3.38. The van der Waals surface area contributed by atoms with E-state index in [1.54, 1.807) is 30.0 Å². The molecule has 31 heavy (non-hydrogen) atoms. The molecule has 164 valence electrons. The van der Waals surface area contributed by atoms with Crippen molar-refractivity contribution in [1.29, 1.82) is 0 Å². The Kier molecular flexibility index (Phi) is 6.05. The largest absolute Gasteiger partial charge is 0.411 e. The number of likely N-dealkylation sites (tertiary alicyclic amines) is 1. The number of amides is 1. The lowest BCUT2D eigenvalue weighted by Gasteiger charge is -2.24. The van der Waals surface area contributed by atoms with Gasteiger partial charge >= 0.3 is 11.8 Å². The summed E-state index contributed by atoms with van der Waals surface area (Å²) in [5.74, 6) is -0.268. The van der Waals surface area contributed by atoms with Gasteiger partial charge in [0.2, 0.25) is 0 Å². The molecule has 4 rings (SSSR count). The average molecular weight is 481 g/mol. The van der Waals surface area contributed by atoms with Crippen LogP contribution in [-0.2, 0) is 10.0 Å². The minimum atomic E-state index is -3.88. The van der Waals surface area contributed by atoms with Crippen LogP contribution in [0.4, 0.5) is 5.69 Å². The van der Waals surface area contributed by atoms with Gasteiger partial charge in [0.1, 0.15) is 4.90 Å². The molecule has 0 bridgehead atoms. The van der Waals surface area contributed by atoms with E-state index >= 15 is 0 Å². The maximum Gasteiger partial charge on any atom is 0.311 e. The highest BCUT2D eigenvalue weighted by molar-refractivity contribution is 7.93. The predicted molar refractivity (Wildman–Crippen MR) is 119 cm³/mol. The van der Waals surface area contributed by atoms with Gasteiger partial charge < -0.3 is 9.32 Å². The van der Waals surface area contributed by atoms with E-state index in [1.807, 2.05) is 6.92 Å². The standard InChI is InChI=1S/C20H21ClN4O4S2/c1-12-6-7-15(14(21)10-12)24-31(27,28)17-11-16(30-13(17)2)18-22-23-19(29-18)20(26)25-8-4-3-5-9-25/h6-7,10-11,24H,3-5,8-9H2,1-2H3. The quantitative estimate of drug-likeness (QED) is 0.576. The Labute approximate surface area is 189 Å². The smallest absolute Gasteiger partial charge is 0.311 e. The van der Waals surface area contributed by atoms with Crippen molar-refractivity contribution in [2.75, 3.05) is 17.8 Å². The van der Waals surface area contributed by atoms with Gasteiger partial charge in [-0.2, -0.15) is 0 Å². The SMILES string of the molecule is Cc1ccc(NS(=O)(=O)c2cc(-c3nnc(C(=O)N4CCCCC4)o3)sc2C)c(Cl)c1. The molecular weight excluding hydrogens is 460 g/mol. The Morgan fingerprint density at radius 1 is 1.16 bits per heavy atom. The molecule has 0 spiro atoms. The van der Waals surface area contributed by atoms with Crippen molar-refractivity contribution in [2.24, 2.45) is 0 Å². The van der Waals surface area contributed by atoms with Gasteiger partial charge in [-0.15, -0.1) is 21.5 Å². The fraction of sp³-hybridized carbons (Fsp3) is 0.350. The van der Waals surface area contributed by atoms with Crippen LogP contribution in [0.25, 0.3) is 10.8 Å². The number of benzene rings is 1. The van der Waals surface area contributed by atoms with E-state index in [0.717, 1.165) is 24.8 Å². The van der Waals surface area contributed by atoms with Gasteiger partial charge in [0.25, 0.3) is 15.9 Å². The molecule has 1 fully saturated rings. The van der Waals surface area contributed by atoms with Crippen molar-refractivity contribution in [3.8, 4) is 10.8 Å². The summed E-state index contributed by atoms with van der Waals surface area (Å²) >= 11 is 7.37. The monoisotopic (exact) mass is 480 g/mol. The van der Waals surface area contributed by atoms with Crippen molar-refractivity contribution in [2.45, 2.75) is 38.0 Å². The van der Waals surface area contributed by atoms with E-state index in [2.05, 4.69) is 14.9 Å². The minimum Gasteiger partial charge on any atom is -0.411 e. The normalized spacial score (nSPS) is 14.6. The summed E-state index contributed by atoms with van der Waals surface area (Å²) in [5, 5.41) is 8.14. The zero-order valence-electron chi connectivity index (χ0n) is 17.0. The summed E-state index contributed by atoms with van der Waals surface area (Å²) in [6, 6.07) is 6.54. The van der Waals surface area contributed by atoms with E-state index in [1.165, 1.54) is 17.4 Å². The predicted octanol–water partition coefficient (Wildman–Crippen LogP) is 4.50. The van der Waals surface area contributed by atoms with Gasteiger partial charge in [0.05, 0.1) is 15.6 Å². The molecule has 0 unspecified atom stereocenters. The highest BCUT2D eigenvalue weighted by Gasteiger charge is 2.26. The van der Waals surface area contributed by atoms with E-state index in [4.69, 9.17) is 16.0 Å². The first kappa shape index (κ1) is 21.8. The lowest BCUT2D eigenvalue weighted by atomic mass is 10.1. The van der Waals surface area contributed by atoms with Gasteiger partial charge in [-0.25, -0.2) is 8.42 Å². The molecule has 1 aliphatic heterocycles. The number of nitrogens with one attached hydrogen (secondary N) is 1. The molecule has 0 atom stereocenters. The van der Waals surface area contributed by atoms with Crippen LogP contribution in [0.5, 0.6) is 0 Å². The third kappa shape index (κ3) is 4.60. The number of thiophene rings is 1. The minimum absolute atomic E-state index is 0.0862. The second-order valence-corrected chi connectivity index (χ2v) is 10.7. The molecular formula is C20H21ClN4O4S2. The van der Waals surface area contributed by atoms with Crippen molar-refractivity contribution in [3.63, 3.8) is 0 Å². The Bertz CT molecular complexity index is 1230. The molecule has 0 aliphatic carbocycles. The third-order valence-corrected chi connectivity index (χ3v) is 7.96. The molecule has 1 saturated heterocycles. The molecule has 11 heteroatoms. The number of sulfonamides is 1. The molecule has 0 radical (unpaired) electrons. The number of aromatic nitrogens is 2. The number of halogens is 1. The van der Waals surface area contributed by atoms with E-state index in [9.17, 15) is 13.2 Å². The van der Waals surface area contributed by atoms with Crippen LogP contribution in [0.3, 0.4) is 0 Å². The van der Waals surface area contributed by atoms with E-state index in [0.29, 0.717) is 33.6 Å². The van der Waals surface area contributed by atoms with Crippen molar-refractivity contribution < 1.29 is 17.6 Å². The summed E-state index contributed by atoms with van der Waals surface area (Å²) in [5.41, 5.74) is 1.22. The molecule has 0 saturated carbocycles. The summed E-state index contributed by atoms with van der Waals surface area (Å²) in [6.45, 7) is 4.90. The molecule has 2 aromatic heterocycles. The van der Waals surface area contributed by atoms with Crippen molar-refractivity contribution in [1.82, 2.24) is 15.1 Å². The molecule has 3 aromatic rings. The summed E-state index contributed by atoms with van der Waals surface area (Å²) in [6.07, 6.45) is 3.01. The van der Waals surface area contributed by atoms with Crippen LogP contribution in [0.1, 0.15) is 40.4 Å². The number of hydrogen-bond acceptors (Lipinski definition) is 7. The van der Waals surface area contributed by atoms with Crippen LogP contribution >= 0.6 is 22.9 Å². The zero-order valence-corrected chi connectivity index (χ0v) is 19.4. The summed E-state index contributed by atoms with van der Waals surface area (Å²) in [4.78, 5) is 15.4. The van der Waals surface area contributed by atoms with Gasteiger partial charge in [-0.1, -0.05) is 17.7 Å².